The Kier molecular flexibility index (Phi) is 5.81. The molecule has 1 aliphatic rings. The number of aromatic nitrogens is 2. The minimum absolute atomic E-state index is 0.210. The van der Waals surface area contributed by atoms with Crippen molar-refractivity contribution in [1.82, 2.24) is 9.97 Å². The second kappa shape index (κ2) is 8.10. The van der Waals surface area contributed by atoms with Gasteiger partial charge in [0, 0.05) is 27.2 Å². The summed E-state index contributed by atoms with van der Waals surface area (Å²) in [5, 5.41) is 0. The van der Waals surface area contributed by atoms with Gasteiger partial charge in [0.05, 0.1) is 24.3 Å². The molecule has 0 saturated carbocycles. The number of nitrogens with one attached hydrogen (secondary N) is 1. The third-order valence-corrected chi connectivity index (χ3v) is 5.74. The standard InChI is InChI=1S/C18H25N5O3S/c1-4-14-5-7-15(8-6-14)27(24,25)21-16-13-19-18(20-17(16)22(2)3)23-9-11-26-12-10-23/h5-8,13,21H,4,9-12H2,1-3H3. The Morgan fingerprint density at radius 3 is 2.44 bits per heavy atom. The highest BCUT2D eigenvalue weighted by Crippen LogP contribution is 2.26. The summed E-state index contributed by atoms with van der Waals surface area (Å²) in [5.74, 6) is 1.08. The Bertz CT molecular complexity index is 878. The van der Waals surface area contributed by atoms with E-state index in [-0.39, 0.29) is 4.90 Å². The lowest BCUT2D eigenvalue weighted by Crippen LogP contribution is -2.37. The Morgan fingerprint density at radius 1 is 1.19 bits per heavy atom. The number of anilines is 3. The van der Waals surface area contributed by atoms with Gasteiger partial charge in [-0.2, -0.15) is 4.98 Å². The van der Waals surface area contributed by atoms with Crippen LogP contribution >= 0.6 is 0 Å². The molecular formula is C18H25N5O3S. The molecule has 146 valence electrons. The largest absolute Gasteiger partial charge is 0.378 e. The fourth-order valence-corrected chi connectivity index (χ4v) is 3.85. The summed E-state index contributed by atoms with van der Waals surface area (Å²) >= 11 is 0. The number of hydrogen-bond donors (Lipinski definition) is 1. The molecule has 0 aliphatic carbocycles. The molecule has 0 radical (unpaired) electrons. The van der Waals surface area contributed by atoms with Crippen molar-refractivity contribution in [2.24, 2.45) is 0 Å². The van der Waals surface area contributed by atoms with Gasteiger partial charge in [0.15, 0.2) is 5.82 Å². The zero-order valence-electron chi connectivity index (χ0n) is 15.8. The average molecular weight is 391 g/mol. The second-order valence-corrected chi connectivity index (χ2v) is 8.19. The molecule has 1 aromatic carbocycles. The molecule has 2 heterocycles. The maximum atomic E-state index is 12.8. The van der Waals surface area contributed by atoms with E-state index in [0.29, 0.717) is 43.8 Å². The van der Waals surface area contributed by atoms with Crippen molar-refractivity contribution in [2.45, 2.75) is 18.2 Å². The smallest absolute Gasteiger partial charge is 0.262 e. The molecule has 9 heteroatoms. The summed E-state index contributed by atoms with van der Waals surface area (Å²) in [5.41, 5.74) is 1.43. The van der Waals surface area contributed by atoms with Crippen LogP contribution in [0.25, 0.3) is 0 Å². The van der Waals surface area contributed by atoms with Crippen LogP contribution in [0, 0.1) is 0 Å². The Labute approximate surface area is 160 Å². The fraction of sp³-hybridized carbons (Fsp3) is 0.444. The van der Waals surface area contributed by atoms with Crippen molar-refractivity contribution in [1.29, 1.82) is 0 Å². The topological polar surface area (TPSA) is 87.7 Å². The third kappa shape index (κ3) is 4.48. The molecular weight excluding hydrogens is 366 g/mol. The molecule has 0 amide bonds. The van der Waals surface area contributed by atoms with E-state index in [1.54, 1.807) is 17.0 Å². The molecule has 1 aliphatic heterocycles. The first-order chi connectivity index (χ1) is 12.9. The van der Waals surface area contributed by atoms with Crippen molar-refractivity contribution in [3.63, 3.8) is 0 Å². The lowest BCUT2D eigenvalue weighted by Gasteiger charge is -2.28. The summed E-state index contributed by atoms with van der Waals surface area (Å²) < 4.78 is 33.5. The number of nitrogens with zero attached hydrogens (tertiary/aromatic N) is 4. The molecule has 2 aromatic rings. The highest BCUT2D eigenvalue weighted by Gasteiger charge is 2.21. The summed E-state index contributed by atoms with van der Waals surface area (Å²) in [7, 11) is -0.0849. The van der Waals surface area contributed by atoms with E-state index in [1.807, 2.05) is 38.1 Å². The van der Waals surface area contributed by atoms with Gasteiger partial charge in [0.1, 0.15) is 5.69 Å². The zero-order chi connectivity index (χ0) is 19.4. The molecule has 0 bridgehead atoms. The molecule has 1 saturated heterocycles. The number of morpholine rings is 1. The van der Waals surface area contributed by atoms with Crippen molar-refractivity contribution in [3.05, 3.63) is 36.0 Å². The van der Waals surface area contributed by atoms with Crippen LogP contribution in [0.4, 0.5) is 17.5 Å². The lowest BCUT2D eigenvalue weighted by molar-refractivity contribution is 0.122. The Hall–Kier alpha value is -2.39. The fourth-order valence-electron chi connectivity index (χ4n) is 2.80. The molecule has 8 nitrogen and oxygen atoms in total. The first kappa shape index (κ1) is 19.4. The van der Waals surface area contributed by atoms with E-state index >= 15 is 0 Å². The van der Waals surface area contributed by atoms with E-state index in [9.17, 15) is 8.42 Å². The molecule has 27 heavy (non-hydrogen) atoms. The van der Waals surface area contributed by atoms with Crippen molar-refractivity contribution in [3.8, 4) is 0 Å². The van der Waals surface area contributed by atoms with Crippen LogP contribution in [0.1, 0.15) is 12.5 Å². The number of aryl methyl sites for hydroxylation is 1. The predicted molar refractivity (Wildman–Crippen MR) is 106 cm³/mol. The maximum absolute atomic E-state index is 12.8. The SMILES string of the molecule is CCc1ccc(S(=O)(=O)Nc2cnc(N3CCOCC3)nc2N(C)C)cc1. The second-order valence-electron chi connectivity index (χ2n) is 6.50. The quantitative estimate of drug-likeness (QED) is 0.802. The number of ether oxygens (including phenoxy) is 1. The first-order valence-corrected chi connectivity index (χ1v) is 10.4. The minimum Gasteiger partial charge on any atom is -0.378 e. The van der Waals surface area contributed by atoms with Crippen molar-refractivity contribution < 1.29 is 13.2 Å². The van der Waals surface area contributed by atoms with E-state index in [1.165, 1.54) is 6.20 Å². The van der Waals surface area contributed by atoms with Crippen LogP contribution < -0.4 is 14.5 Å². The third-order valence-electron chi connectivity index (χ3n) is 4.36. The lowest BCUT2D eigenvalue weighted by atomic mass is 10.2. The van der Waals surface area contributed by atoms with Gasteiger partial charge in [-0.25, -0.2) is 13.4 Å². The Balaban J connectivity index is 1.88. The van der Waals surface area contributed by atoms with Crippen LogP contribution in [0.5, 0.6) is 0 Å². The van der Waals surface area contributed by atoms with Gasteiger partial charge in [-0.1, -0.05) is 19.1 Å². The Morgan fingerprint density at radius 2 is 1.85 bits per heavy atom. The van der Waals surface area contributed by atoms with Gasteiger partial charge in [0.2, 0.25) is 5.95 Å². The molecule has 3 rings (SSSR count). The summed E-state index contributed by atoms with van der Waals surface area (Å²) in [6.07, 6.45) is 2.38. The van der Waals surface area contributed by atoms with Gasteiger partial charge in [-0.15, -0.1) is 0 Å². The van der Waals surface area contributed by atoms with Crippen LogP contribution in [0.2, 0.25) is 0 Å². The van der Waals surface area contributed by atoms with Gasteiger partial charge in [-0.05, 0) is 24.1 Å². The van der Waals surface area contributed by atoms with E-state index in [0.717, 1.165) is 12.0 Å². The first-order valence-electron chi connectivity index (χ1n) is 8.89. The average Bonchev–Trinajstić information content (AvgIpc) is 2.68. The molecule has 0 unspecified atom stereocenters. The van der Waals surface area contributed by atoms with E-state index in [2.05, 4.69) is 14.7 Å². The van der Waals surface area contributed by atoms with Crippen LogP contribution in [0.15, 0.2) is 35.4 Å². The predicted octanol–water partition coefficient (Wildman–Crippen LogP) is 1.74. The summed E-state index contributed by atoms with van der Waals surface area (Å²) in [4.78, 5) is 12.9. The molecule has 1 fully saturated rings. The van der Waals surface area contributed by atoms with Gasteiger partial charge in [-0.3, -0.25) is 4.72 Å². The van der Waals surface area contributed by atoms with Crippen LogP contribution in [-0.4, -0.2) is 58.8 Å². The highest BCUT2D eigenvalue weighted by atomic mass is 32.2. The van der Waals surface area contributed by atoms with Gasteiger partial charge < -0.3 is 14.5 Å². The molecule has 0 spiro atoms. The summed E-state index contributed by atoms with van der Waals surface area (Å²) in [6.45, 7) is 4.70. The number of hydrogen-bond acceptors (Lipinski definition) is 7. The number of benzene rings is 1. The zero-order valence-corrected chi connectivity index (χ0v) is 16.7. The highest BCUT2D eigenvalue weighted by molar-refractivity contribution is 7.92. The van der Waals surface area contributed by atoms with E-state index < -0.39 is 10.0 Å². The monoisotopic (exact) mass is 391 g/mol. The number of sulfonamides is 1. The van der Waals surface area contributed by atoms with Gasteiger partial charge >= 0.3 is 0 Å². The number of rotatable bonds is 6. The molecule has 1 aromatic heterocycles. The van der Waals surface area contributed by atoms with Gasteiger partial charge in [0.25, 0.3) is 10.0 Å². The minimum atomic E-state index is -3.72. The molecule has 0 atom stereocenters. The summed E-state index contributed by atoms with van der Waals surface area (Å²) in [6, 6.07) is 6.86. The van der Waals surface area contributed by atoms with E-state index in [4.69, 9.17) is 4.74 Å². The van der Waals surface area contributed by atoms with Crippen LogP contribution in [0.3, 0.4) is 0 Å². The normalized spacial score (nSPS) is 14.9. The van der Waals surface area contributed by atoms with Crippen LogP contribution in [-0.2, 0) is 21.2 Å². The van der Waals surface area contributed by atoms with Crippen molar-refractivity contribution >= 4 is 27.5 Å². The van der Waals surface area contributed by atoms with Crippen molar-refractivity contribution in [2.75, 3.05) is 54.9 Å². The molecule has 1 N–H and O–H groups in total. The maximum Gasteiger partial charge on any atom is 0.262 e.